The molecule has 0 saturated carbocycles. The third-order valence-corrected chi connectivity index (χ3v) is 3.83. The first kappa shape index (κ1) is 15.0. The van der Waals surface area contributed by atoms with Gasteiger partial charge in [0.2, 0.25) is 0 Å². The summed E-state index contributed by atoms with van der Waals surface area (Å²) >= 11 is 5.82. The number of rotatable bonds is 3. The van der Waals surface area contributed by atoms with E-state index in [1.807, 2.05) is 24.3 Å². The van der Waals surface area contributed by atoms with E-state index in [0.29, 0.717) is 10.6 Å². The highest BCUT2D eigenvalue weighted by molar-refractivity contribution is 6.30. The summed E-state index contributed by atoms with van der Waals surface area (Å²) in [7, 11) is 0. The fourth-order valence-electron chi connectivity index (χ4n) is 2.37. The minimum atomic E-state index is -0.153. The highest BCUT2D eigenvalue weighted by Crippen LogP contribution is 2.21. The zero-order chi connectivity index (χ0) is 15.4. The van der Waals surface area contributed by atoms with Crippen molar-refractivity contribution in [2.45, 2.75) is 6.10 Å². The molecule has 0 aromatic heterocycles. The fraction of sp³-hybridized carbons (Fsp3) is 0.235. The van der Waals surface area contributed by atoms with Crippen LogP contribution in [0.25, 0.3) is 0 Å². The van der Waals surface area contributed by atoms with Gasteiger partial charge in [0.15, 0.2) is 0 Å². The summed E-state index contributed by atoms with van der Waals surface area (Å²) in [6.45, 7) is 2.43. The molecule has 0 unspecified atom stereocenters. The van der Waals surface area contributed by atoms with E-state index in [1.165, 1.54) is 0 Å². The van der Waals surface area contributed by atoms with Crippen LogP contribution in [0.5, 0.6) is 0 Å². The molecule has 22 heavy (non-hydrogen) atoms. The number of hydrogen-bond acceptors (Lipinski definition) is 3. The lowest BCUT2D eigenvalue weighted by Gasteiger charge is -2.24. The quantitative estimate of drug-likeness (QED) is 0.914. The monoisotopic (exact) mass is 316 g/mol. The minimum absolute atomic E-state index is 0.0785. The van der Waals surface area contributed by atoms with Crippen LogP contribution in [0, 0.1) is 0 Å². The molecule has 2 aromatic rings. The summed E-state index contributed by atoms with van der Waals surface area (Å²) in [6.07, 6.45) is 0.0785. The second kappa shape index (κ2) is 6.92. The van der Waals surface area contributed by atoms with Crippen LogP contribution in [0.3, 0.4) is 0 Å². The Balaban J connectivity index is 1.65. The van der Waals surface area contributed by atoms with E-state index in [9.17, 15) is 4.79 Å². The first-order valence-corrected chi connectivity index (χ1v) is 7.59. The van der Waals surface area contributed by atoms with Crippen molar-refractivity contribution in [2.75, 3.05) is 25.0 Å². The second-order valence-corrected chi connectivity index (χ2v) is 5.58. The van der Waals surface area contributed by atoms with Crippen molar-refractivity contribution in [1.82, 2.24) is 5.32 Å². The standard InChI is InChI=1S/C17H17ClN2O2/c18-14-5-1-13(2-6-14)17(21)20-15-7-3-12(4-8-15)16-11-19-9-10-22-16/h1-8,16,19H,9-11H2,(H,20,21)/t16-/m1/s1. The molecule has 5 heteroatoms. The third-order valence-electron chi connectivity index (χ3n) is 3.57. The number of ether oxygens (including phenoxy) is 1. The van der Waals surface area contributed by atoms with Gasteiger partial charge in [0.25, 0.3) is 5.91 Å². The number of nitrogens with one attached hydrogen (secondary N) is 2. The van der Waals surface area contributed by atoms with Crippen LogP contribution in [0.15, 0.2) is 48.5 Å². The number of morpholine rings is 1. The second-order valence-electron chi connectivity index (χ2n) is 5.15. The summed E-state index contributed by atoms with van der Waals surface area (Å²) in [6, 6.07) is 14.5. The lowest BCUT2D eigenvalue weighted by Crippen LogP contribution is -2.33. The van der Waals surface area contributed by atoms with Gasteiger partial charge in [0.05, 0.1) is 12.7 Å². The topological polar surface area (TPSA) is 50.4 Å². The van der Waals surface area contributed by atoms with Gasteiger partial charge in [0.1, 0.15) is 0 Å². The lowest BCUT2D eigenvalue weighted by molar-refractivity contribution is 0.0277. The first-order valence-electron chi connectivity index (χ1n) is 7.21. The van der Waals surface area contributed by atoms with Crippen LogP contribution in [0.1, 0.15) is 22.0 Å². The fourth-order valence-corrected chi connectivity index (χ4v) is 2.49. The summed E-state index contributed by atoms with van der Waals surface area (Å²) in [4.78, 5) is 12.1. The molecular weight excluding hydrogens is 300 g/mol. The maximum atomic E-state index is 12.1. The predicted octanol–water partition coefficient (Wildman–Crippen LogP) is 3.25. The zero-order valence-corrected chi connectivity index (χ0v) is 12.8. The van der Waals surface area contributed by atoms with Gasteiger partial charge in [-0.3, -0.25) is 4.79 Å². The molecule has 114 valence electrons. The summed E-state index contributed by atoms with van der Waals surface area (Å²) in [5.41, 5.74) is 2.44. The maximum Gasteiger partial charge on any atom is 0.255 e. The molecule has 0 aliphatic carbocycles. The Morgan fingerprint density at radius 1 is 1.14 bits per heavy atom. The zero-order valence-electron chi connectivity index (χ0n) is 12.0. The number of amides is 1. The molecule has 3 rings (SSSR count). The smallest absolute Gasteiger partial charge is 0.255 e. The van der Waals surface area contributed by atoms with Crippen LogP contribution in [-0.2, 0) is 4.74 Å². The Morgan fingerprint density at radius 3 is 2.50 bits per heavy atom. The van der Waals surface area contributed by atoms with Crippen molar-refractivity contribution in [1.29, 1.82) is 0 Å². The maximum absolute atomic E-state index is 12.1. The average Bonchev–Trinajstić information content (AvgIpc) is 2.57. The molecule has 2 N–H and O–H groups in total. The summed E-state index contributed by atoms with van der Waals surface area (Å²) in [5.74, 6) is -0.153. The Bertz CT molecular complexity index is 635. The van der Waals surface area contributed by atoms with E-state index in [4.69, 9.17) is 16.3 Å². The van der Waals surface area contributed by atoms with Gasteiger partial charge in [-0.25, -0.2) is 0 Å². The van der Waals surface area contributed by atoms with Gasteiger partial charge >= 0.3 is 0 Å². The molecule has 1 heterocycles. The predicted molar refractivity (Wildman–Crippen MR) is 87.4 cm³/mol. The van der Waals surface area contributed by atoms with Gasteiger partial charge in [-0.15, -0.1) is 0 Å². The Labute approximate surface area is 134 Å². The van der Waals surface area contributed by atoms with E-state index in [1.54, 1.807) is 24.3 Å². The SMILES string of the molecule is O=C(Nc1ccc([C@H]2CNCCO2)cc1)c1ccc(Cl)cc1. The Morgan fingerprint density at radius 2 is 1.86 bits per heavy atom. The van der Waals surface area contributed by atoms with E-state index in [2.05, 4.69) is 10.6 Å². The highest BCUT2D eigenvalue weighted by Gasteiger charge is 2.15. The Kier molecular flexibility index (Phi) is 4.73. The summed E-state index contributed by atoms with van der Waals surface area (Å²) < 4.78 is 5.70. The first-order chi connectivity index (χ1) is 10.7. The molecule has 1 aliphatic rings. The molecule has 1 fully saturated rings. The van der Waals surface area contributed by atoms with Crippen LogP contribution in [-0.4, -0.2) is 25.6 Å². The van der Waals surface area contributed by atoms with Crippen LogP contribution < -0.4 is 10.6 Å². The number of anilines is 1. The van der Waals surface area contributed by atoms with Gasteiger partial charge in [0, 0.05) is 29.4 Å². The molecule has 0 radical (unpaired) electrons. The van der Waals surface area contributed by atoms with Crippen molar-refractivity contribution in [2.24, 2.45) is 0 Å². The van der Waals surface area contributed by atoms with Gasteiger partial charge in [-0.1, -0.05) is 23.7 Å². The van der Waals surface area contributed by atoms with E-state index in [0.717, 1.165) is 30.9 Å². The largest absolute Gasteiger partial charge is 0.371 e. The molecule has 1 aliphatic heterocycles. The number of carbonyl (C=O) groups is 1. The molecule has 0 bridgehead atoms. The van der Waals surface area contributed by atoms with Crippen molar-refractivity contribution >= 4 is 23.2 Å². The molecule has 4 nitrogen and oxygen atoms in total. The molecule has 0 spiro atoms. The molecule has 1 atom stereocenters. The number of hydrogen-bond donors (Lipinski definition) is 2. The van der Waals surface area contributed by atoms with Crippen LogP contribution in [0.4, 0.5) is 5.69 Å². The van der Waals surface area contributed by atoms with Crippen molar-refractivity contribution in [3.8, 4) is 0 Å². The Hall–Kier alpha value is -1.88. The van der Waals surface area contributed by atoms with E-state index < -0.39 is 0 Å². The molecule has 1 amide bonds. The van der Waals surface area contributed by atoms with Crippen molar-refractivity contribution in [3.63, 3.8) is 0 Å². The van der Waals surface area contributed by atoms with E-state index in [-0.39, 0.29) is 12.0 Å². The lowest BCUT2D eigenvalue weighted by atomic mass is 10.1. The molecule has 2 aromatic carbocycles. The van der Waals surface area contributed by atoms with E-state index >= 15 is 0 Å². The van der Waals surface area contributed by atoms with Crippen molar-refractivity contribution in [3.05, 3.63) is 64.7 Å². The van der Waals surface area contributed by atoms with Crippen LogP contribution >= 0.6 is 11.6 Å². The minimum Gasteiger partial charge on any atom is -0.371 e. The number of halogens is 1. The molecular formula is C17H17ClN2O2. The van der Waals surface area contributed by atoms with Crippen LogP contribution in [0.2, 0.25) is 5.02 Å². The van der Waals surface area contributed by atoms with Gasteiger partial charge in [-0.2, -0.15) is 0 Å². The van der Waals surface area contributed by atoms with Gasteiger partial charge < -0.3 is 15.4 Å². The third kappa shape index (κ3) is 3.65. The number of carbonyl (C=O) groups excluding carboxylic acids is 1. The molecule has 1 saturated heterocycles. The van der Waals surface area contributed by atoms with Gasteiger partial charge in [-0.05, 0) is 42.0 Å². The average molecular weight is 317 g/mol. The normalized spacial score (nSPS) is 18.0. The number of benzene rings is 2. The summed E-state index contributed by atoms with van der Waals surface area (Å²) in [5, 5.41) is 6.78. The highest BCUT2D eigenvalue weighted by atomic mass is 35.5. The van der Waals surface area contributed by atoms with Crippen molar-refractivity contribution < 1.29 is 9.53 Å².